The van der Waals surface area contributed by atoms with Crippen LogP contribution in [0.5, 0.6) is 0 Å². The van der Waals surface area contributed by atoms with E-state index in [0.717, 1.165) is 18.2 Å². The van der Waals surface area contributed by atoms with Crippen molar-refractivity contribution in [2.45, 2.75) is 6.42 Å². The molecule has 8 nitrogen and oxygen atoms in total. The Labute approximate surface area is 112 Å². The summed E-state index contributed by atoms with van der Waals surface area (Å²) in [6.07, 6.45) is 1.71. The van der Waals surface area contributed by atoms with Crippen LogP contribution in [0.15, 0.2) is 24.5 Å². The van der Waals surface area contributed by atoms with E-state index in [9.17, 15) is 19.3 Å². The minimum absolute atomic E-state index is 0.196. The number of carbonyl (C=O) groups excluding carboxylic acids is 1. The Hall–Kier alpha value is -2.84. The van der Waals surface area contributed by atoms with Crippen LogP contribution in [0.2, 0.25) is 0 Å². The molecule has 0 saturated heterocycles. The highest BCUT2D eigenvalue weighted by molar-refractivity contribution is 5.98. The molecule has 2 rings (SSSR count). The van der Waals surface area contributed by atoms with E-state index in [0.29, 0.717) is 12.2 Å². The predicted molar refractivity (Wildman–Crippen MR) is 65.5 cm³/mol. The molecule has 0 saturated carbocycles. The van der Waals surface area contributed by atoms with E-state index >= 15 is 0 Å². The highest BCUT2D eigenvalue weighted by Crippen LogP contribution is 2.19. The van der Waals surface area contributed by atoms with Crippen LogP contribution in [-0.4, -0.2) is 32.6 Å². The van der Waals surface area contributed by atoms with Gasteiger partial charge in [-0.3, -0.25) is 20.0 Å². The third kappa shape index (κ3) is 3.13. The van der Waals surface area contributed by atoms with E-state index in [2.05, 4.69) is 20.5 Å². The first-order chi connectivity index (χ1) is 9.58. The second-order valence-corrected chi connectivity index (χ2v) is 3.86. The first-order valence-corrected chi connectivity index (χ1v) is 5.64. The first-order valence-electron chi connectivity index (χ1n) is 5.64. The van der Waals surface area contributed by atoms with Crippen molar-refractivity contribution in [3.05, 3.63) is 51.8 Å². The SMILES string of the molecule is O=C(NCCc1ncn[nH]1)c1cc(F)ccc1[N+](=O)[O-]. The number of aromatic amines is 1. The summed E-state index contributed by atoms with van der Waals surface area (Å²) in [7, 11) is 0. The molecule has 0 atom stereocenters. The number of H-pyrrole nitrogens is 1. The molecule has 0 aliphatic heterocycles. The maximum Gasteiger partial charge on any atom is 0.282 e. The largest absolute Gasteiger partial charge is 0.351 e. The molecular weight excluding hydrogens is 269 g/mol. The second-order valence-electron chi connectivity index (χ2n) is 3.86. The fourth-order valence-corrected chi connectivity index (χ4v) is 1.59. The summed E-state index contributed by atoms with van der Waals surface area (Å²) in [5.74, 6) is -0.856. The van der Waals surface area contributed by atoms with Crippen LogP contribution >= 0.6 is 0 Å². The molecule has 0 aliphatic carbocycles. The lowest BCUT2D eigenvalue weighted by atomic mass is 10.1. The zero-order valence-corrected chi connectivity index (χ0v) is 10.2. The third-order valence-corrected chi connectivity index (χ3v) is 2.51. The number of rotatable bonds is 5. The van der Waals surface area contributed by atoms with Gasteiger partial charge >= 0.3 is 0 Å². The van der Waals surface area contributed by atoms with Crippen LogP contribution in [0.4, 0.5) is 10.1 Å². The molecule has 2 N–H and O–H groups in total. The van der Waals surface area contributed by atoms with Gasteiger partial charge in [-0.1, -0.05) is 0 Å². The van der Waals surface area contributed by atoms with Crippen molar-refractivity contribution >= 4 is 11.6 Å². The number of hydrogen-bond donors (Lipinski definition) is 2. The van der Waals surface area contributed by atoms with Crippen LogP contribution in [0.25, 0.3) is 0 Å². The van der Waals surface area contributed by atoms with E-state index in [4.69, 9.17) is 0 Å². The van der Waals surface area contributed by atoms with Gasteiger partial charge in [0.05, 0.1) is 4.92 Å². The van der Waals surface area contributed by atoms with Crippen molar-refractivity contribution in [2.24, 2.45) is 0 Å². The molecule has 20 heavy (non-hydrogen) atoms. The molecule has 9 heteroatoms. The Morgan fingerprint density at radius 2 is 2.30 bits per heavy atom. The molecule has 0 spiro atoms. The van der Waals surface area contributed by atoms with Crippen LogP contribution < -0.4 is 5.32 Å². The van der Waals surface area contributed by atoms with E-state index in [1.54, 1.807) is 0 Å². The minimum atomic E-state index is -0.731. The molecule has 1 aromatic heterocycles. The zero-order valence-electron chi connectivity index (χ0n) is 10.2. The Kier molecular flexibility index (Phi) is 3.99. The normalized spacial score (nSPS) is 10.2. The average molecular weight is 279 g/mol. The van der Waals surface area contributed by atoms with Crippen LogP contribution in [-0.2, 0) is 6.42 Å². The molecule has 0 unspecified atom stereocenters. The molecule has 0 aliphatic rings. The lowest BCUT2D eigenvalue weighted by molar-refractivity contribution is -0.385. The summed E-state index contributed by atoms with van der Waals surface area (Å²) in [6.45, 7) is 0.196. The van der Waals surface area contributed by atoms with Gasteiger partial charge in [0.15, 0.2) is 0 Å². The van der Waals surface area contributed by atoms with Crippen LogP contribution in [0, 0.1) is 15.9 Å². The summed E-state index contributed by atoms with van der Waals surface area (Å²) in [4.78, 5) is 25.7. The summed E-state index contributed by atoms with van der Waals surface area (Å²) < 4.78 is 13.1. The Balaban J connectivity index is 2.05. The van der Waals surface area contributed by atoms with Crippen molar-refractivity contribution in [1.82, 2.24) is 20.5 Å². The summed E-state index contributed by atoms with van der Waals surface area (Å²) in [5, 5.41) is 19.5. The predicted octanol–water partition coefficient (Wildman–Crippen LogP) is 0.824. The molecule has 104 valence electrons. The monoisotopic (exact) mass is 279 g/mol. The summed E-state index contributed by atoms with van der Waals surface area (Å²) in [5.41, 5.74) is -0.754. The highest BCUT2D eigenvalue weighted by Gasteiger charge is 2.20. The highest BCUT2D eigenvalue weighted by atomic mass is 19.1. The number of amides is 1. The molecule has 0 radical (unpaired) electrons. The van der Waals surface area contributed by atoms with Crippen molar-refractivity contribution in [3.63, 3.8) is 0 Å². The lowest BCUT2D eigenvalue weighted by Crippen LogP contribution is -2.26. The van der Waals surface area contributed by atoms with E-state index in [1.807, 2.05) is 0 Å². The molecule has 1 aromatic carbocycles. The Morgan fingerprint density at radius 3 is 2.95 bits per heavy atom. The van der Waals surface area contributed by atoms with Crippen LogP contribution in [0.1, 0.15) is 16.2 Å². The number of nitro groups is 1. The first kappa shape index (κ1) is 13.6. The van der Waals surface area contributed by atoms with Crippen molar-refractivity contribution in [3.8, 4) is 0 Å². The average Bonchev–Trinajstić information content (AvgIpc) is 2.91. The minimum Gasteiger partial charge on any atom is -0.351 e. The molecule has 0 bridgehead atoms. The topological polar surface area (TPSA) is 114 Å². The third-order valence-electron chi connectivity index (χ3n) is 2.51. The van der Waals surface area contributed by atoms with Gasteiger partial charge in [-0.2, -0.15) is 5.10 Å². The van der Waals surface area contributed by atoms with Gasteiger partial charge in [-0.05, 0) is 12.1 Å². The number of aromatic nitrogens is 3. The van der Waals surface area contributed by atoms with Gasteiger partial charge in [0.1, 0.15) is 23.5 Å². The van der Waals surface area contributed by atoms with Gasteiger partial charge in [-0.15, -0.1) is 0 Å². The maximum absolute atomic E-state index is 13.1. The number of nitrogens with zero attached hydrogens (tertiary/aromatic N) is 3. The molecule has 1 amide bonds. The molecular formula is C11H10FN5O3. The van der Waals surface area contributed by atoms with Gasteiger partial charge < -0.3 is 5.32 Å². The number of carbonyl (C=O) groups is 1. The Morgan fingerprint density at radius 1 is 1.50 bits per heavy atom. The number of benzene rings is 1. The smallest absolute Gasteiger partial charge is 0.282 e. The molecule has 2 aromatic rings. The number of halogens is 1. The standard InChI is InChI=1S/C11H10FN5O3/c12-7-1-2-9(17(19)20)8(5-7)11(18)13-4-3-10-14-6-15-16-10/h1-2,5-6H,3-4H2,(H,13,18)(H,14,15,16). The second kappa shape index (κ2) is 5.87. The van der Waals surface area contributed by atoms with Crippen molar-refractivity contribution in [2.75, 3.05) is 6.54 Å². The van der Waals surface area contributed by atoms with E-state index in [1.165, 1.54) is 6.33 Å². The van der Waals surface area contributed by atoms with E-state index < -0.39 is 22.3 Å². The van der Waals surface area contributed by atoms with Gasteiger partial charge in [0, 0.05) is 19.0 Å². The maximum atomic E-state index is 13.1. The zero-order chi connectivity index (χ0) is 14.5. The van der Waals surface area contributed by atoms with Crippen molar-refractivity contribution in [1.29, 1.82) is 0 Å². The fourth-order valence-electron chi connectivity index (χ4n) is 1.59. The summed E-state index contributed by atoms with van der Waals surface area (Å²) >= 11 is 0. The van der Waals surface area contributed by atoms with Crippen LogP contribution in [0.3, 0.4) is 0 Å². The fraction of sp³-hybridized carbons (Fsp3) is 0.182. The number of hydrogen-bond acceptors (Lipinski definition) is 5. The van der Waals surface area contributed by atoms with Gasteiger partial charge in [0.2, 0.25) is 0 Å². The van der Waals surface area contributed by atoms with Crippen molar-refractivity contribution < 1.29 is 14.1 Å². The van der Waals surface area contributed by atoms with E-state index in [-0.39, 0.29) is 12.1 Å². The Bertz CT molecular complexity index is 629. The number of nitro benzene ring substituents is 1. The van der Waals surface area contributed by atoms with Gasteiger partial charge in [0.25, 0.3) is 11.6 Å². The number of nitrogens with one attached hydrogen (secondary N) is 2. The summed E-state index contributed by atoms with van der Waals surface area (Å²) in [6, 6.07) is 2.73. The lowest BCUT2D eigenvalue weighted by Gasteiger charge is -2.05. The van der Waals surface area contributed by atoms with Gasteiger partial charge in [-0.25, -0.2) is 9.37 Å². The quantitative estimate of drug-likeness (QED) is 0.621. The molecule has 1 heterocycles. The molecule has 0 fully saturated rings.